The summed E-state index contributed by atoms with van der Waals surface area (Å²) in [5.41, 5.74) is 7.74. The van der Waals surface area contributed by atoms with Gasteiger partial charge in [-0.3, -0.25) is 4.79 Å². The molecule has 0 bridgehead atoms. The molecule has 4 aromatic rings. The van der Waals surface area contributed by atoms with Gasteiger partial charge in [0, 0.05) is 22.6 Å². The number of nitrogens with zero attached hydrogens (tertiary/aromatic N) is 2. The predicted molar refractivity (Wildman–Crippen MR) is 134 cm³/mol. The first kappa shape index (κ1) is 21.9. The standard InChI is InChI=1S/C29H25N3O/c1-20-14-15-26(16-21(20)2)31-29(33)25(19-30)18-24-17-22(3)32(27-12-8-5-9-13-27)28(24)23-10-6-4-7-11-23/h4-18H,1-3H3,(H,31,33)/b25-18-. The average Bonchev–Trinajstić information content (AvgIpc) is 3.16. The molecule has 1 heterocycles. The van der Waals surface area contributed by atoms with Crippen molar-refractivity contribution in [2.75, 3.05) is 5.32 Å². The van der Waals surface area contributed by atoms with E-state index in [1.807, 2.05) is 106 Å². The third-order valence-electron chi connectivity index (χ3n) is 5.71. The number of nitriles is 1. The number of hydrogen-bond donors (Lipinski definition) is 1. The molecule has 0 spiro atoms. The molecule has 4 rings (SSSR count). The van der Waals surface area contributed by atoms with Crippen molar-refractivity contribution < 1.29 is 4.79 Å². The van der Waals surface area contributed by atoms with Crippen molar-refractivity contribution in [3.8, 4) is 23.0 Å². The Morgan fingerprint density at radius 2 is 1.55 bits per heavy atom. The second-order valence-corrected chi connectivity index (χ2v) is 8.05. The highest BCUT2D eigenvalue weighted by atomic mass is 16.1. The monoisotopic (exact) mass is 431 g/mol. The van der Waals surface area contributed by atoms with E-state index in [0.29, 0.717) is 5.69 Å². The minimum atomic E-state index is -0.426. The van der Waals surface area contributed by atoms with Gasteiger partial charge in [-0.25, -0.2) is 0 Å². The van der Waals surface area contributed by atoms with Gasteiger partial charge in [0.15, 0.2) is 0 Å². The van der Waals surface area contributed by atoms with Crippen molar-refractivity contribution in [3.63, 3.8) is 0 Å². The smallest absolute Gasteiger partial charge is 0.266 e. The number of benzene rings is 3. The SMILES string of the molecule is Cc1ccc(NC(=O)/C(C#N)=C\c2cc(C)n(-c3ccccc3)c2-c2ccccc2)cc1C. The summed E-state index contributed by atoms with van der Waals surface area (Å²) in [6.07, 6.45) is 1.67. The van der Waals surface area contributed by atoms with Crippen LogP contribution < -0.4 is 5.32 Å². The third kappa shape index (κ3) is 4.63. The largest absolute Gasteiger partial charge is 0.321 e. The number of amides is 1. The molecule has 1 aromatic heterocycles. The quantitative estimate of drug-likeness (QED) is 0.285. The summed E-state index contributed by atoms with van der Waals surface area (Å²) in [4.78, 5) is 12.9. The molecule has 162 valence electrons. The van der Waals surface area contributed by atoms with Crippen LogP contribution in [0.4, 0.5) is 5.69 Å². The summed E-state index contributed by atoms with van der Waals surface area (Å²) in [6.45, 7) is 6.04. The first-order valence-corrected chi connectivity index (χ1v) is 10.8. The van der Waals surface area contributed by atoms with Gasteiger partial charge in [0.05, 0.1) is 5.69 Å². The van der Waals surface area contributed by atoms with Gasteiger partial charge in [-0.1, -0.05) is 54.6 Å². The van der Waals surface area contributed by atoms with Gasteiger partial charge in [-0.2, -0.15) is 5.26 Å². The summed E-state index contributed by atoms with van der Waals surface area (Å²) < 4.78 is 2.15. The first-order chi connectivity index (χ1) is 16.0. The van der Waals surface area contributed by atoms with Crippen molar-refractivity contribution in [1.29, 1.82) is 5.26 Å². The van der Waals surface area contributed by atoms with Crippen LogP contribution >= 0.6 is 0 Å². The Balaban J connectivity index is 1.79. The molecule has 0 unspecified atom stereocenters. The molecule has 4 nitrogen and oxygen atoms in total. The van der Waals surface area contributed by atoms with Crippen molar-refractivity contribution in [2.24, 2.45) is 0 Å². The number of aryl methyl sites for hydroxylation is 3. The van der Waals surface area contributed by atoms with Crippen molar-refractivity contribution in [1.82, 2.24) is 4.57 Å². The zero-order chi connectivity index (χ0) is 23.4. The molecule has 0 atom stereocenters. The lowest BCUT2D eigenvalue weighted by Gasteiger charge is -2.13. The molecule has 0 saturated heterocycles. The number of carbonyl (C=O) groups is 1. The Labute approximate surface area is 194 Å². The van der Waals surface area contributed by atoms with Gasteiger partial charge in [-0.05, 0) is 73.9 Å². The minimum absolute atomic E-state index is 0.0515. The van der Waals surface area contributed by atoms with Crippen LogP contribution in [0.25, 0.3) is 23.0 Å². The van der Waals surface area contributed by atoms with Crippen molar-refractivity contribution >= 4 is 17.7 Å². The summed E-state index contributed by atoms with van der Waals surface area (Å²) >= 11 is 0. The second kappa shape index (κ2) is 9.42. The molecule has 33 heavy (non-hydrogen) atoms. The van der Waals surface area contributed by atoms with E-state index < -0.39 is 5.91 Å². The molecule has 0 aliphatic carbocycles. The van der Waals surface area contributed by atoms with E-state index >= 15 is 0 Å². The molecule has 4 heteroatoms. The van der Waals surface area contributed by atoms with E-state index in [0.717, 1.165) is 39.3 Å². The minimum Gasteiger partial charge on any atom is -0.321 e. The predicted octanol–water partition coefficient (Wildman–Crippen LogP) is 6.62. The number of hydrogen-bond acceptors (Lipinski definition) is 2. The van der Waals surface area contributed by atoms with E-state index in [4.69, 9.17) is 0 Å². The maximum atomic E-state index is 12.9. The van der Waals surface area contributed by atoms with Gasteiger partial charge < -0.3 is 9.88 Å². The average molecular weight is 432 g/mol. The summed E-state index contributed by atoms with van der Waals surface area (Å²) in [5, 5.41) is 12.7. The Morgan fingerprint density at radius 1 is 0.879 bits per heavy atom. The van der Waals surface area contributed by atoms with E-state index in [9.17, 15) is 10.1 Å². The molecule has 0 saturated carbocycles. The van der Waals surface area contributed by atoms with Crippen LogP contribution in [0.3, 0.4) is 0 Å². The summed E-state index contributed by atoms with van der Waals surface area (Å²) in [7, 11) is 0. The Kier molecular flexibility index (Phi) is 6.24. The maximum Gasteiger partial charge on any atom is 0.266 e. The zero-order valence-electron chi connectivity index (χ0n) is 19.0. The number of carbonyl (C=O) groups excluding carboxylic acids is 1. The van der Waals surface area contributed by atoms with E-state index in [2.05, 4.69) is 16.0 Å². The number of rotatable bonds is 5. The molecule has 0 radical (unpaired) electrons. The van der Waals surface area contributed by atoms with Gasteiger partial charge in [0.2, 0.25) is 0 Å². The lowest BCUT2D eigenvalue weighted by Crippen LogP contribution is -2.13. The number of aromatic nitrogens is 1. The number of para-hydroxylation sites is 1. The molecule has 0 aliphatic rings. The zero-order valence-corrected chi connectivity index (χ0v) is 19.0. The fourth-order valence-electron chi connectivity index (χ4n) is 3.90. The van der Waals surface area contributed by atoms with E-state index in [-0.39, 0.29) is 5.57 Å². The molecule has 1 amide bonds. The highest BCUT2D eigenvalue weighted by Gasteiger charge is 2.17. The van der Waals surface area contributed by atoms with Gasteiger partial charge >= 0.3 is 0 Å². The third-order valence-corrected chi connectivity index (χ3v) is 5.71. The fourth-order valence-corrected chi connectivity index (χ4v) is 3.90. The van der Waals surface area contributed by atoms with Crippen LogP contribution in [0.5, 0.6) is 0 Å². The van der Waals surface area contributed by atoms with Crippen LogP contribution in [-0.4, -0.2) is 10.5 Å². The Hall–Kier alpha value is -4.36. The summed E-state index contributed by atoms with van der Waals surface area (Å²) in [6, 6.07) is 29.9. The van der Waals surface area contributed by atoms with Crippen LogP contribution in [0.15, 0.2) is 90.5 Å². The van der Waals surface area contributed by atoms with Gasteiger partial charge in [0.1, 0.15) is 11.6 Å². The maximum absolute atomic E-state index is 12.9. The van der Waals surface area contributed by atoms with Gasteiger partial charge in [0.25, 0.3) is 5.91 Å². The Bertz CT molecular complexity index is 1370. The lowest BCUT2D eigenvalue weighted by molar-refractivity contribution is -0.112. The van der Waals surface area contributed by atoms with Crippen LogP contribution in [0, 0.1) is 32.1 Å². The highest BCUT2D eigenvalue weighted by molar-refractivity contribution is 6.10. The molecule has 0 aliphatic heterocycles. The van der Waals surface area contributed by atoms with Gasteiger partial charge in [-0.15, -0.1) is 0 Å². The van der Waals surface area contributed by atoms with E-state index in [1.54, 1.807) is 6.08 Å². The van der Waals surface area contributed by atoms with Crippen molar-refractivity contribution in [3.05, 3.63) is 113 Å². The Morgan fingerprint density at radius 3 is 2.18 bits per heavy atom. The fraction of sp³-hybridized carbons (Fsp3) is 0.103. The van der Waals surface area contributed by atoms with E-state index in [1.165, 1.54) is 0 Å². The topological polar surface area (TPSA) is 57.8 Å². The summed E-state index contributed by atoms with van der Waals surface area (Å²) in [5.74, 6) is -0.426. The second-order valence-electron chi connectivity index (χ2n) is 8.05. The molecular weight excluding hydrogens is 406 g/mol. The number of nitrogens with one attached hydrogen (secondary N) is 1. The highest BCUT2D eigenvalue weighted by Crippen LogP contribution is 2.32. The van der Waals surface area contributed by atoms with Crippen LogP contribution in [0.2, 0.25) is 0 Å². The first-order valence-electron chi connectivity index (χ1n) is 10.8. The molecule has 0 fully saturated rings. The normalized spacial score (nSPS) is 11.2. The molecule has 1 N–H and O–H groups in total. The van der Waals surface area contributed by atoms with Crippen molar-refractivity contribution in [2.45, 2.75) is 20.8 Å². The van der Waals surface area contributed by atoms with Crippen LogP contribution in [0.1, 0.15) is 22.4 Å². The molecular formula is C29H25N3O. The molecule has 3 aromatic carbocycles. The van der Waals surface area contributed by atoms with Crippen LogP contribution in [-0.2, 0) is 4.79 Å². The lowest BCUT2D eigenvalue weighted by atomic mass is 10.0. The number of anilines is 1.